The highest BCUT2D eigenvalue weighted by atomic mass is 15.1. The van der Waals surface area contributed by atoms with Crippen LogP contribution >= 0.6 is 0 Å². The van der Waals surface area contributed by atoms with Crippen LogP contribution in [0.3, 0.4) is 0 Å². The van der Waals surface area contributed by atoms with Gasteiger partial charge in [0.1, 0.15) is 0 Å². The fourth-order valence-electron chi connectivity index (χ4n) is 2.69. The smallest absolute Gasteiger partial charge is 0.0543 e. The molecule has 1 fully saturated rings. The summed E-state index contributed by atoms with van der Waals surface area (Å²) in [4.78, 5) is 6.90. The molecule has 0 radical (unpaired) electrons. The van der Waals surface area contributed by atoms with E-state index in [1.807, 2.05) is 12.3 Å². The molecule has 2 heteroatoms. The number of nitrogens with zero attached hydrogens (tertiary/aromatic N) is 2. The lowest BCUT2D eigenvalue weighted by Crippen LogP contribution is -2.20. The Morgan fingerprint density at radius 2 is 1.89 bits per heavy atom. The minimum atomic E-state index is 0.690. The Balaban J connectivity index is 1.62. The van der Waals surface area contributed by atoms with E-state index in [1.165, 1.54) is 24.2 Å². The second-order valence-electron chi connectivity index (χ2n) is 4.95. The van der Waals surface area contributed by atoms with Crippen molar-refractivity contribution in [1.29, 1.82) is 0 Å². The third-order valence-corrected chi connectivity index (χ3v) is 3.66. The van der Waals surface area contributed by atoms with Crippen LogP contribution in [0.15, 0.2) is 54.7 Å². The number of hydrogen-bond donors (Lipinski definition) is 0. The Hall–Kier alpha value is -1.67. The predicted molar refractivity (Wildman–Crippen MR) is 73.3 cm³/mol. The summed E-state index contributed by atoms with van der Waals surface area (Å²) in [5, 5.41) is 0. The molecule has 1 unspecified atom stereocenters. The lowest BCUT2D eigenvalue weighted by atomic mass is 9.99. The summed E-state index contributed by atoms with van der Waals surface area (Å²) in [6, 6.07) is 17.0. The topological polar surface area (TPSA) is 16.1 Å². The quantitative estimate of drug-likeness (QED) is 0.817. The summed E-state index contributed by atoms with van der Waals surface area (Å²) < 4.78 is 0. The Labute approximate surface area is 108 Å². The van der Waals surface area contributed by atoms with Gasteiger partial charge in [-0.1, -0.05) is 36.4 Å². The van der Waals surface area contributed by atoms with Gasteiger partial charge in [-0.25, -0.2) is 0 Å². The van der Waals surface area contributed by atoms with Crippen molar-refractivity contribution in [3.8, 4) is 0 Å². The van der Waals surface area contributed by atoms with Gasteiger partial charge >= 0.3 is 0 Å². The van der Waals surface area contributed by atoms with Gasteiger partial charge in [0.15, 0.2) is 0 Å². The molecule has 0 N–H and O–H groups in total. The van der Waals surface area contributed by atoms with Gasteiger partial charge in [0, 0.05) is 19.3 Å². The van der Waals surface area contributed by atoms with Crippen LogP contribution in [0.2, 0.25) is 0 Å². The molecule has 1 aromatic heterocycles. The standard InChI is InChI=1S/C16H18N2/c1-2-6-14(7-3-1)15-9-11-18(12-15)13-16-8-4-5-10-17-16/h1-8,10,15H,9,11-13H2. The van der Waals surface area contributed by atoms with Gasteiger partial charge in [0.05, 0.1) is 5.69 Å². The van der Waals surface area contributed by atoms with Crippen LogP contribution in [0.1, 0.15) is 23.6 Å². The average molecular weight is 238 g/mol. The zero-order valence-corrected chi connectivity index (χ0v) is 10.5. The Bertz CT molecular complexity index is 481. The Kier molecular flexibility index (Phi) is 3.37. The first kappa shape index (κ1) is 11.4. The molecule has 1 aliphatic heterocycles. The lowest BCUT2D eigenvalue weighted by Gasteiger charge is -2.15. The van der Waals surface area contributed by atoms with Gasteiger partial charge in [-0.2, -0.15) is 0 Å². The number of hydrogen-bond acceptors (Lipinski definition) is 2. The maximum atomic E-state index is 4.40. The minimum Gasteiger partial charge on any atom is -0.297 e. The highest BCUT2D eigenvalue weighted by Gasteiger charge is 2.23. The van der Waals surface area contributed by atoms with Crippen LogP contribution < -0.4 is 0 Å². The molecule has 0 bridgehead atoms. The van der Waals surface area contributed by atoms with Crippen molar-refractivity contribution in [1.82, 2.24) is 9.88 Å². The molecule has 0 saturated carbocycles. The molecule has 2 nitrogen and oxygen atoms in total. The van der Waals surface area contributed by atoms with Gasteiger partial charge in [0.25, 0.3) is 0 Å². The Morgan fingerprint density at radius 3 is 2.67 bits per heavy atom. The third kappa shape index (κ3) is 2.59. The van der Waals surface area contributed by atoms with Crippen LogP contribution in [-0.4, -0.2) is 23.0 Å². The van der Waals surface area contributed by atoms with E-state index in [-0.39, 0.29) is 0 Å². The van der Waals surface area contributed by atoms with Crippen molar-refractivity contribution in [2.45, 2.75) is 18.9 Å². The van der Waals surface area contributed by atoms with E-state index in [9.17, 15) is 0 Å². The van der Waals surface area contributed by atoms with Gasteiger partial charge in [0.2, 0.25) is 0 Å². The van der Waals surface area contributed by atoms with Crippen molar-refractivity contribution < 1.29 is 0 Å². The molecular weight excluding hydrogens is 220 g/mol. The van der Waals surface area contributed by atoms with Crippen molar-refractivity contribution in [3.05, 3.63) is 66.0 Å². The highest BCUT2D eigenvalue weighted by molar-refractivity contribution is 5.21. The van der Waals surface area contributed by atoms with Crippen molar-refractivity contribution >= 4 is 0 Å². The average Bonchev–Trinajstić information content (AvgIpc) is 2.89. The van der Waals surface area contributed by atoms with Crippen LogP contribution in [-0.2, 0) is 6.54 Å². The van der Waals surface area contributed by atoms with Crippen molar-refractivity contribution in [2.24, 2.45) is 0 Å². The lowest BCUT2D eigenvalue weighted by molar-refractivity contribution is 0.323. The molecule has 0 aliphatic carbocycles. The van der Waals surface area contributed by atoms with E-state index in [0.29, 0.717) is 5.92 Å². The maximum Gasteiger partial charge on any atom is 0.0543 e. The molecule has 18 heavy (non-hydrogen) atoms. The normalized spacial score (nSPS) is 20.1. The Morgan fingerprint density at radius 1 is 1.06 bits per heavy atom. The van der Waals surface area contributed by atoms with Gasteiger partial charge in [-0.05, 0) is 36.6 Å². The molecule has 1 aromatic carbocycles. The van der Waals surface area contributed by atoms with Gasteiger partial charge < -0.3 is 0 Å². The van der Waals surface area contributed by atoms with Crippen LogP contribution in [0, 0.1) is 0 Å². The monoisotopic (exact) mass is 238 g/mol. The molecular formula is C16H18N2. The largest absolute Gasteiger partial charge is 0.297 e. The minimum absolute atomic E-state index is 0.690. The summed E-state index contributed by atoms with van der Waals surface area (Å²) >= 11 is 0. The fourth-order valence-corrected chi connectivity index (χ4v) is 2.69. The number of benzene rings is 1. The first-order valence-electron chi connectivity index (χ1n) is 6.59. The number of likely N-dealkylation sites (tertiary alicyclic amines) is 1. The molecule has 92 valence electrons. The summed E-state index contributed by atoms with van der Waals surface area (Å²) in [7, 11) is 0. The molecule has 0 amide bonds. The van der Waals surface area contributed by atoms with E-state index in [1.54, 1.807) is 0 Å². The SMILES string of the molecule is c1ccc(C2CCN(Cc3ccccn3)C2)cc1. The highest BCUT2D eigenvalue weighted by Crippen LogP contribution is 2.27. The fraction of sp³-hybridized carbons (Fsp3) is 0.312. The third-order valence-electron chi connectivity index (χ3n) is 3.66. The summed E-state index contributed by atoms with van der Waals surface area (Å²) in [6.07, 6.45) is 3.14. The zero-order valence-electron chi connectivity index (χ0n) is 10.5. The van der Waals surface area contributed by atoms with Gasteiger partial charge in [-0.3, -0.25) is 9.88 Å². The molecule has 1 atom stereocenters. The van der Waals surface area contributed by atoms with Crippen LogP contribution in [0.5, 0.6) is 0 Å². The van der Waals surface area contributed by atoms with Gasteiger partial charge in [-0.15, -0.1) is 0 Å². The summed E-state index contributed by atoms with van der Waals surface area (Å²) in [5.74, 6) is 0.690. The molecule has 1 saturated heterocycles. The van der Waals surface area contributed by atoms with Crippen LogP contribution in [0.25, 0.3) is 0 Å². The first-order chi connectivity index (χ1) is 8.92. The number of aromatic nitrogens is 1. The second-order valence-corrected chi connectivity index (χ2v) is 4.95. The molecule has 2 aromatic rings. The van der Waals surface area contributed by atoms with E-state index < -0.39 is 0 Å². The van der Waals surface area contributed by atoms with Crippen LogP contribution in [0.4, 0.5) is 0 Å². The van der Waals surface area contributed by atoms with E-state index in [0.717, 1.165) is 13.1 Å². The van der Waals surface area contributed by atoms with E-state index in [4.69, 9.17) is 0 Å². The molecule has 2 heterocycles. The molecule has 3 rings (SSSR count). The second kappa shape index (κ2) is 5.32. The predicted octanol–water partition coefficient (Wildman–Crippen LogP) is 3.07. The van der Waals surface area contributed by atoms with E-state index in [2.05, 4.69) is 52.3 Å². The molecule has 0 spiro atoms. The number of pyridine rings is 1. The zero-order chi connectivity index (χ0) is 12.2. The molecule has 1 aliphatic rings. The van der Waals surface area contributed by atoms with E-state index >= 15 is 0 Å². The van der Waals surface area contributed by atoms with Crippen molar-refractivity contribution in [2.75, 3.05) is 13.1 Å². The first-order valence-corrected chi connectivity index (χ1v) is 6.59. The summed E-state index contributed by atoms with van der Waals surface area (Å²) in [6.45, 7) is 3.31. The van der Waals surface area contributed by atoms with Crippen molar-refractivity contribution in [3.63, 3.8) is 0 Å². The maximum absolute atomic E-state index is 4.40. The summed E-state index contributed by atoms with van der Waals surface area (Å²) in [5.41, 5.74) is 2.65. The number of rotatable bonds is 3.